The highest BCUT2D eigenvalue weighted by molar-refractivity contribution is 8.14. The highest BCUT2D eigenvalue weighted by Gasteiger charge is 2.31. The number of aliphatic imine (C=N–C) groups is 1. The normalized spacial score (nSPS) is 15.8. The second-order valence-corrected chi connectivity index (χ2v) is 7.49. The predicted octanol–water partition coefficient (Wildman–Crippen LogP) is 5.80. The van der Waals surface area contributed by atoms with Crippen LogP contribution in [0.4, 0.5) is 5.69 Å². The Morgan fingerprint density at radius 1 is 1.16 bits per heavy atom. The molecule has 1 aliphatic heterocycles. The van der Waals surface area contributed by atoms with Crippen LogP contribution in [-0.4, -0.2) is 16.8 Å². The first-order valence-corrected chi connectivity index (χ1v) is 9.53. The first-order chi connectivity index (χ1) is 12.0. The molecular weight excluding hydrogens is 375 g/mol. The molecule has 1 aliphatic rings. The molecule has 0 radical (unpaired) electrons. The van der Waals surface area contributed by atoms with Gasteiger partial charge in [-0.05, 0) is 42.5 Å². The van der Waals surface area contributed by atoms with Gasteiger partial charge >= 0.3 is 0 Å². The molecular formula is C19H16Cl2N2OS. The average molecular weight is 391 g/mol. The average Bonchev–Trinajstić information content (AvgIpc) is 2.89. The highest BCUT2D eigenvalue weighted by atomic mass is 35.5. The molecule has 0 unspecified atom stereocenters. The summed E-state index contributed by atoms with van der Waals surface area (Å²) < 4.78 is 0. The smallest absolute Gasteiger partial charge is 0.266 e. The van der Waals surface area contributed by atoms with E-state index in [1.54, 1.807) is 23.1 Å². The van der Waals surface area contributed by atoms with E-state index in [1.165, 1.54) is 11.8 Å². The van der Waals surface area contributed by atoms with E-state index in [-0.39, 0.29) is 5.91 Å². The van der Waals surface area contributed by atoms with Crippen LogP contribution in [0.3, 0.4) is 0 Å². The molecule has 6 heteroatoms. The van der Waals surface area contributed by atoms with Gasteiger partial charge in [0.25, 0.3) is 5.91 Å². The number of hydrogen-bond acceptors (Lipinski definition) is 3. The van der Waals surface area contributed by atoms with Crippen molar-refractivity contribution in [2.75, 3.05) is 10.7 Å². The largest absolute Gasteiger partial charge is 0.283 e. The molecule has 0 fully saturated rings. The number of halogens is 2. The van der Waals surface area contributed by atoms with Gasteiger partial charge in [-0.2, -0.15) is 0 Å². The van der Waals surface area contributed by atoms with E-state index in [0.717, 1.165) is 17.0 Å². The molecule has 0 bridgehead atoms. The van der Waals surface area contributed by atoms with Crippen LogP contribution in [0.1, 0.15) is 18.1 Å². The molecule has 0 spiro atoms. The van der Waals surface area contributed by atoms with Crippen LogP contribution < -0.4 is 4.90 Å². The molecule has 0 saturated heterocycles. The van der Waals surface area contributed by atoms with Gasteiger partial charge in [-0.1, -0.05) is 71.7 Å². The Morgan fingerprint density at radius 2 is 1.88 bits per heavy atom. The van der Waals surface area contributed by atoms with Gasteiger partial charge in [0.2, 0.25) is 0 Å². The van der Waals surface area contributed by atoms with E-state index in [2.05, 4.69) is 4.99 Å². The Kier molecular flexibility index (Phi) is 5.52. The fraction of sp³-hybridized carbons (Fsp3) is 0.158. The summed E-state index contributed by atoms with van der Waals surface area (Å²) in [6.45, 7) is 4.04. The lowest BCUT2D eigenvalue weighted by atomic mass is 10.2. The maximum Gasteiger partial charge on any atom is 0.283 e. The van der Waals surface area contributed by atoms with Crippen molar-refractivity contribution in [2.45, 2.75) is 13.8 Å². The van der Waals surface area contributed by atoms with Crippen LogP contribution in [-0.2, 0) is 4.79 Å². The predicted molar refractivity (Wildman–Crippen MR) is 109 cm³/mol. The SMILES string of the molecule is CCSC1=NC(=Cc2cccc(Cl)c2Cl)C(=O)N1c1ccc(C)cc1. The number of thioether (sulfide) groups is 1. The molecule has 0 atom stereocenters. The maximum atomic E-state index is 12.9. The Balaban J connectivity index is 2.02. The summed E-state index contributed by atoms with van der Waals surface area (Å²) in [6.07, 6.45) is 1.68. The van der Waals surface area contributed by atoms with E-state index < -0.39 is 0 Å². The zero-order valence-electron chi connectivity index (χ0n) is 13.8. The van der Waals surface area contributed by atoms with Crippen molar-refractivity contribution in [1.29, 1.82) is 0 Å². The number of amidine groups is 1. The second kappa shape index (κ2) is 7.65. The van der Waals surface area contributed by atoms with Crippen molar-refractivity contribution in [2.24, 2.45) is 4.99 Å². The molecule has 0 saturated carbocycles. The van der Waals surface area contributed by atoms with Crippen molar-refractivity contribution >= 4 is 57.8 Å². The van der Waals surface area contributed by atoms with Crippen molar-refractivity contribution in [3.63, 3.8) is 0 Å². The number of benzene rings is 2. The molecule has 0 N–H and O–H groups in total. The molecule has 128 valence electrons. The molecule has 25 heavy (non-hydrogen) atoms. The Bertz CT molecular complexity index is 875. The number of carbonyl (C=O) groups is 1. The number of rotatable bonds is 3. The van der Waals surface area contributed by atoms with Crippen LogP contribution in [0.15, 0.2) is 53.2 Å². The number of carbonyl (C=O) groups excluding carboxylic acids is 1. The van der Waals surface area contributed by atoms with E-state index >= 15 is 0 Å². The zero-order valence-corrected chi connectivity index (χ0v) is 16.1. The van der Waals surface area contributed by atoms with Crippen molar-refractivity contribution in [3.05, 3.63) is 69.3 Å². The lowest BCUT2D eigenvalue weighted by molar-refractivity contribution is -0.113. The zero-order chi connectivity index (χ0) is 18.0. The number of hydrogen-bond donors (Lipinski definition) is 0. The number of aryl methyl sites for hydroxylation is 1. The summed E-state index contributed by atoms with van der Waals surface area (Å²) in [5.74, 6) is 0.649. The van der Waals surface area contributed by atoms with Gasteiger partial charge in [-0.3, -0.25) is 9.69 Å². The molecule has 0 aliphatic carbocycles. The first-order valence-electron chi connectivity index (χ1n) is 7.79. The van der Waals surface area contributed by atoms with Gasteiger partial charge < -0.3 is 0 Å². The molecule has 0 aromatic heterocycles. The maximum absolute atomic E-state index is 12.9. The van der Waals surface area contributed by atoms with E-state index in [1.807, 2.05) is 44.2 Å². The van der Waals surface area contributed by atoms with Crippen molar-refractivity contribution < 1.29 is 4.79 Å². The fourth-order valence-corrected chi connectivity index (χ4v) is 3.52. The Hall–Kier alpha value is -1.75. The summed E-state index contributed by atoms with van der Waals surface area (Å²) >= 11 is 13.8. The monoisotopic (exact) mass is 390 g/mol. The minimum atomic E-state index is -0.171. The van der Waals surface area contributed by atoms with Crippen LogP contribution in [0.5, 0.6) is 0 Å². The molecule has 1 amide bonds. The fourth-order valence-electron chi connectivity index (χ4n) is 2.42. The molecule has 3 rings (SSSR count). The third-order valence-electron chi connectivity index (χ3n) is 3.67. The first kappa shape index (κ1) is 18.1. The van der Waals surface area contributed by atoms with Gasteiger partial charge in [-0.15, -0.1) is 0 Å². The molecule has 2 aromatic carbocycles. The summed E-state index contributed by atoms with van der Waals surface area (Å²) in [4.78, 5) is 19.1. The van der Waals surface area contributed by atoms with E-state index in [4.69, 9.17) is 23.2 Å². The minimum Gasteiger partial charge on any atom is -0.266 e. The van der Waals surface area contributed by atoms with E-state index in [0.29, 0.717) is 26.5 Å². The number of amides is 1. The third kappa shape index (κ3) is 3.76. The van der Waals surface area contributed by atoms with Gasteiger partial charge in [-0.25, -0.2) is 4.99 Å². The topological polar surface area (TPSA) is 32.7 Å². The number of anilines is 1. The second-order valence-electron chi connectivity index (χ2n) is 5.48. The third-order valence-corrected chi connectivity index (χ3v) is 5.32. The summed E-state index contributed by atoms with van der Waals surface area (Å²) in [6, 6.07) is 13.1. The van der Waals surface area contributed by atoms with Gasteiger partial charge in [0, 0.05) is 0 Å². The summed E-state index contributed by atoms with van der Waals surface area (Å²) in [5.41, 5.74) is 2.96. The van der Waals surface area contributed by atoms with E-state index in [9.17, 15) is 4.79 Å². The number of nitrogens with zero attached hydrogens (tertiary/aromatic N) is 2. The van der Waals surface area contributed by atoms with Crippen LogP contribution >= 0.6 is 35.0 Å². The quantitative estimate of drug-likeness (QED) is 0.620. The molecule has 3 nitrogen and oxygen atoms in total. The Labute approximate surface area is 161 Å². The van der Waals surface area contributed by atoms with Gasteiger partial charge in [0.15, 0.2) is 5.17 Å². The van der Waals surface area contributed by atoms with Crippen LogP contribution in [0, 0.1) is 6.92 Å². The lowest BCUT2D eigenvalue weighted by Crippen LogP contribution is -2.30. The highest BCUT2D eigenvalue weighted by Crippen LogP contribution is 2.32. The lowest BCUT2D eigenvalue weighted by Gasteiger charge is -2.17. The Morgan fingerprint density at radius 3 is 2.56 bits per heavy atom. The minimum absolute atomic E-state index is 0.171. The summed E-state index contributed by atoms with van der Waals surface area (Å²) in [7, 11) is 0. The van der Waals surface area contributed by atoms with Gasteiger partial charge in [0.05, 0.1) is 15.7 Å². The van der Waals surface area contributed by atoms with Gasteiger partial charge in [0.1, 0.15) is 5.70 Å². The molecule has 1 heterocycles. The van der Waals surface area contributed by atoms with Crippen molar-refractivity contribution in [3.8, 4) is 0 Å². The summed E-state index contributed by atoms with van der Waals surface area (Å²) in [5, 5.41) is 1.53. The van der Waals surface area contributed by atoms with Crippen LogP contribution in [0.2, 0.25) is 10.0 Å². The molecule has 2 aromatic rings. The van der Waals surface area contributed by atoms with Crippen molar-refractivity contribution in [1.82, 2.24) is 0 Å². The van der Waals surface area contributed by atoms with Crippen LogP contribution in [0.25, 0.3) is 6.08 Å². The standard InChI is InChI=1S/C19H16Cl2N2OS/c1-3-25-19-22-16(11-13-5-4-6-15(20)17(13)21)18(24)23(19)14-9-7-12(2)8-10-14/h4-11H,3H2,1-2H3.